The van der Waals surface area contributed by atoms with E-state index in [0.29, 0.717) is 11.4 Å². The van der Waals surface area contributed by atoms with Crippen LogP contribution in [0.1, 0.15) is 27.7 Å². The van der Waals surface area contributed by atoms with E-state index >= 15 is 0 Å². The fourth-order valence-corrected chi connectivity index (χ4v) is 1.99. The average molecular weight is 268 g/mol. The van der Waals surface area contributed by atoms with Crippen LogP contribution in [0.15, 0.2) is 59.8 Å². The molecule has 5 nitrogen and oxygen atoms in total. The van der Waals surface area contributed by atoms with Gasteiger partial charge in [-0.15, -0.1) is 0 Å². The fourth-order valence-electron chi connectivity index (χ4n) is 1.99. The van der Waals surface area contributed by atoms with Crippen molar-refractivity contribution in [1.82, 2.24) is 5.32 Å². The van der Waals surface area contributed by atoms with Crippen molar-refractivity contribution in [2.24, 2.45) is 5.16 Å². The van der Waals surface area contributed by atoms with E-state index in [1.807, 2.05) is 30.3 Å². The molecule has 1 heterocycles. The van der Waals surface area contributed by atoms with Gasteiger partial charge in [-0.1, -0.05) is 47.6 Å². The van der Waals surface area contributed by atoms with Crippen molar-refractivity contribution < 1.29 is 14.7 Å². The summed E-state index contributed by atoms with van der Waals surface area (Å²) in [5.41, 5.74) is 1.86. The van der Waals surface area contributed by atoms with E-state index in [0.717, 1.165) is 5.56 Å². The molecule has 0 fully saturated rings. The maximum atomic E-state index is 11.0. The quantitative estimate of drug-likeness (QED) is 0.896. The number of aromatic carboxylic acids is 1. The summed E-state index contributed by atoms with van der Waals surface area (Å²) in [7, 11) is 0. The topological polar surface area (TPSA) is 70.9 Å². The Hall–Kier alpha value is -2.82. The predicted molar refractivity (Wildman–Crippen MR) is 73.3 cm³/mol. The molecule has 1 aliphatic heterocycles. The van der Waals surface area contributed by atoms with E-state index in [1.54, 1.807) is 18.2 Å². The zero-order valence-corrected chi connectivity index (χ0v) is 10.5. The first kappa shape index (κ1) is 12.2. The summed E-state index contributed by atoms with van der Waals surface area (Å²) in [4.78, 5) is 16.3. The Balaban J connectivity index is 1.80. The lowest BCUT2D eigenvalue weighted by atomic mass is 10.1. The molecule has 0 saturated carbocycles. The molecule has 0 bridgehead atoms. The van der Waals surface area contributed by atoms with Crippen molar-refractivity contribution in [3.8, 4) is 0 Å². The summed E-state index contributed by atoms with van der Waals surface area (Å²) >= 11 is 0. The van der Waals surface area contributed by atoms with E-state index < -0.39 is 5.97 Å². The minimum absolute atomic E-state index is 0.218. The number of nitrogens with one attached hydrogen (secondary N) is 1. The van der Waals surface area contributed by atoms with Gasteiger partial charge in [-0.25, -0.2) is 4.79 Å². The second-order valence-electron chi connectivity index (χ2n) is 4.37. The SMILES string of the molecule is O=C(O)c1cccc(C2=NOC(c3ccccc3)N2)c1. The Kier molecular flexibility index (Phi) is 3.09. The molecule has 2 N–H and O–H groups in total. The van der Waals surface area contributed by atoms with Crippen molar-refractivity contribution >= 4 is 11.8 Å². The van der Waals surface area contributed by atoms with Gasteiger partial charge >= 0.3 is 5.97 Å². The highest BCUT2D eigenvalue weighted by atomic mass is 16.7. The summed E-state index contributed by atoms with van der Waals surface area (Å²) in [6.07, 6.45) is -0.348. The van der Waals surface area contributed by atoms with Crippen LogP contribution >= 0.6 is 0 Å². The fraction of sp³-hybridized carbons (Fsp3) is 0.0667. The van der Waals surface area contributed by atoms with Crippen LogP contribution in [-0.2, 0) is 4.84 Å². The van der Waals surface area contributed by atoms with Crippen molar-refractivity contribution in [2.75, 3.05) is 0 Å². The zero-order valence-electron chi connectivity index (χ0n) is 10.5. The molecule has 0 radical (unpaired) electrons. The third-order valence-electron chi connectivity index (χ3n) is 3.00. The minimum Gasteiger partial charge on any atom is -0.478 e. The first-order valence-corrected chi connectivity index (χ1v) is 6.13. The van der Waals surface area contributed by atoms with Gasteiger partial charge in [0.05, 0.1) is 5.56 Å². The first-order valence-electron chi connectivity index (χ1n) is 6.13. The van der Waals surface area contributed by atoms with E-state index in [9.17, 15) is 4.79 Å². The zero-order chi connectivity index (χ0) is 13.9. The van der Waals surface area contributed by atoms with Gasteiger partial charge in [-0.3, -0.25) is 0 Å². The van der Waals surface area contributed by atoms with Crippen LogP contribution < -0.4 is 5.32 Å². The van der Waals surface area contributed by atoms with Gasteiger partial charge in [0.1, 0.15) is 0 Å². The molecule has 1 unspecified atom stereocenters. The Morgan fingerprint density at radius 3 is 2.70 bits per heavy atom. The number of benzene rings is 2. The number of amidine groups is 1. The van der Waals surface area contributed by atoms with E-state index in [2.05, 4.69) is 10.5 Å². The van der Waals surface area contributed by atoms with Gasteiger partial charge in [-0.05, 0) is 12.1 Å². The molecule has 1 atom stereocenters. The maximum absolute atomic E-state index is 11.0. The van der Waals surface area contributed by atoms with Crippen molar-refractivity contribution in [3.63, 3.8) is 0 Å². The number of oxime groups is 1. The van der Waals surface area contributed by atoms with Gasteiger partial charge in [0, 0.05) is 11.1 Å². The lowest BCUT2D eigenvalue weighted by Crippen LogP contribution is -2.23. The third kappa shape index (κ3) is 2.33. The number of hydrogen-bond donors (Lipinski definition) is 2. The summed E-state index contributed by atoms with van der Waals surface area (Å²) in [5, 5.41) is 16.1. The average Bonchev–Trinajstić information content (AvgIpc) is 2.98. The van der Waals surface area contributed by atoms with E-state index in [4.69, 9.17) is 9.94 Å². The highest BCUT2D eigenvalue weighted by Gasteiger charge is 2.22. The van der Waals surface area contributed by atoms with E-state index in [1.165, 1.54) is 6.07 Å². The maximum Gasteiger partial charge on any atom is 0.335 e. The van der Waals surface area contributed by atoms with Crippen molar-refractivity contribution in [3.05, 3.63) is 71.3 Å². The second-order valence-corrected chi connectivity index (χ2v) is 4.37. The molecule has 3 rings (SSSR count). The second kappa shape index (κ2) is 5.05. The van der Waals surface area contributed by atoms with Crippen molar-refractivity contribution in [2.45, 2.75) is 6.23 Å². The summed E-state index contributed by atoms with van der Waals surface area (Å²) in [6, 6.07) is 16.2. The molecule has 2 aromatic rings. The van der Waals surface area contributed by atoms with Gasteiger partial charge in [0.25, 0.3) is 0 Å². The Morgan fingerprint density at radius 1 is 1.15 bits per heavy atom. The lowest BCUT2D eigenvalue weighted by Gasteiger charge is -2.10. The van der Waals surface area contributed by atoms with Crippen LogP contribution in [0.25, 0.3) is 0 Å². The van der Waals surface area contributed by atoms with Crippen LogP contribution in [0.3, 0.4) is 0 Å². The molecule has 20 heavy (non-hydrogen) atoms. The standard InChI is InChI=1S/C15H12N2O3/c18-15(19)12-8-4-7-11(9-12)13-16-14(20-17-13)10-5-2-1-3-6-10/h1-9,14H,(H,16,17)(H,18,19). The Morgan fingerprint density at radius 2 is 1.95 bits per heavy atom. The Labute approximate surface area is 115 Å². The molecular formula is C15H12N2O3. The summed E-state index contributed by atoms with van der Waals surface area (Å²) in [5.74, 6) is -0.437. The summed E-state index contributed by atoms with van der Waals surface area (Å²) < 4.78 is 0. The first-order chi connectivity index (χ1) is 9.74. The van der Waals surface area contributed by atoms with Crippen LogP contribution in [0, 0.1) is 0 Å². The van der Waals surface area contributed by atoms with Gasteiger partial charge in [0.15, 0.2) is 5.84 Å². The van der Waals surface area contributed by atoms with Crippen LogP contribution in [0.5, 0.6) is 0 Å². The largest absolute Gasteiger partial charge is 0.478 e. The van der Waals surface area contributed by atoms with Crippen LogP contribution in [0.4, 0.5) is 0 Å². The monoisotopic (exact) mass is 268 g/mol. The number of carboxylic acid groups (broad SMARTS) is 1. The highest BCUT2D eigenvalue weighted by Crippen LogP contribution is 2.20. The number of rotatable bonds is 3. The molecular weight excluding hydrogens is 256 g/mol. The van der Waals surface area contributed by atoms with Crippen LogP contribution in [-0.4, -0.2) is 16.9 Å². The number of carbonyl (C=O) groups is 1. The molecule has 1 aliphatic rings. The molecule has 0 aromatic heterocycles. The van der Waals surface area contributed by atoms with E-state index in [-0.39, 0.29) is 11.8 Å². The lowest BCUT2D eigenvalue weighted by molar-refractivity contribution is 0.0696. The Bertz CT molecular complexity index is 668. The third-order valence-corrected chi connectivity index (χ3v) is 3.00. The predicted octanol–water partition coefficient (Wildman–Crippen LogP) is 2.37. The molecule has 2 aromatic carbocycles. The molecule has 0 spiro atoms. The number of hydrogen-bond acceptors (Lipinski definition) is 4. The molecule has 0 saturated heterocycles. The van der Waals surface area contributed by atoms with Gasteiger partial charge in [-0.2, -0.15) is 0 Å². The van der Waals surface area contributed by atoms with Gasteiger partial charge < -0.3 is 15.3 Å². The normalized spacial score (nSPS) is 17.0. The van der Waals surface area contributed by atoms with Crippen molar-refractivity contribution in [1.29, 1.82) is 0 Å². The highest BCUT2D eigenvalue weighted by molar-refractivity contribution is 6.01. The molecule has 0 amide bonds. The van der Waals surface area contributed by atoms with Gasteiger partial charge in [0.2, 0.25) is 6.23 Å². The molecule has 0 aliphatic carbocycles. The summed E-state index contributed by atoms with van der Waals surface area (Å²) in [6.45, 7) is 0. The molecule has 100 valence electrons. The number of nitrogens with zero attached hydrogens (tertiary/aromatic N) is 1. The van der Waals surface area contributed by atoms with Crippen LogP contribution in [0.2, 0.25) is 0 Å². The molecule has 5 heteroatoms. The smallest absolute Gasteiger partial charge is 0.335 e. The number of carboxylic acids is 1. The minimum atomic E-state index is -0.967.